The molecule has 0 aliphatic carbocycles. The van der Waals surface area contributed by atoms with Gasteiger partial charge in [0, 0.05) is 6.42 Å². The van der Waals surface area contributed by atoms with Crippen LogP contribution in [0.4, 0.5) is 0 Å². The lowest BCUT2D eigenvalue weighted by molar-refractivity contribution is -0.298. The van der Waals surface area contributed by atoms with Crippen LogP contribution in [-0.4, -0.2) is 95.4 Å². The first-order chi connectivity index (χ1) is 38.0. The van der Waals surface area contributed by atoms with Gasteiger partial charge in [0.05, 0.1) is 25.4 Å². The summed E-state index contributed by atoms with van der Waals surface area (Å²) < 4.78 is 47.9. The number of aliphatic hydroxyl groups excluding tert-OH is 4. The molecule has 12 nitrogen and oxygen atoms in total. The Morgan fingerprint density at radius 2 is 0.859 bits per heavy atom. The van der Waals surface area contributed by atoms with Gasteiger partial charge in [-0.15, -0.1) is 0 Å². The zero-order valence-corrected chi connectivity index (χ0v) is 51.1. The molecule has 0 saturated carbocycles. The van der Waals surface area contributed by atoms with Crippen molar-refractivity contribution in [3.05, 3.63) is 36.5 Å². The second-order valence-electron chi connectivity index (χ2n) is 23.1. The van der Waals surface area contributed by atoms with E-state index in [2.05, 4.69) is 47.7 Å². The normalized spacial score (nSPS) is 19.0. The maximum absolute atomic E-state index is 13.2. The molecule has 460 valence electrons. The lowest BCUT2D eigenvalue weighted by atomic mass is 9.99. The predicted octanol–water partition coefficient (Wildman–Crippen LogP) is 16.5. The molecule has 6 N–H and O–H groups in total. The Bertz CT molecular complexity index is 1510. The number of amides is 1. The van der Waals surface area contributed by atoms with Crippen LogP contribution in [0.5, 0.6) is 0 Å². The zero-order valence-electron chi connectivity index (χ0n) is 50.2. The number of carbonyl (C=O) groups excluding carboxylic acids is 1. The minimum absolute atomic E-state index is 0.258. The van der Waals surface area contributed by atoms with Crippen molar-refractivity contribution < 1.29 is 51.8 Å². The molecule has 0 spiro atoms. The zero-order chi connectivity index (χ0) is 56.8. The van der Waals surface area contributed by atoms with Crippen LogP contribution >= 0.6 is 0 Å². The minimum Gasteiger partial charge on any atom is -0.394 e. The van der Waals surface area contributed by atoms with Gasteiger partial charge in [-0.2, -0.15) is 8.42 Å². The molecule has 1 aliphatic rings. The molecule has 1 saturated heterocycles. The summed E-state index contributed by atoms with van der Waals surface area (Å²) in [6.07, 6.45) is 62.2. The standard InChI is InChI=1S/C65H123NO11S/c1-3-5-7-9-11-13-15-17-19-21-22-23-24-25-26-27-28-29-30-31-32-33-34-35-36-37-38-39-41-43-45-47-49-51-53-55-61(69)66-58(57-75-65-63(71)64(77-78(72,73)74)62(70)60(56-67)76-65)59(68)54-52-50-48-46-44-42-40-20-18-16-14-12-10-8-6-4-2/h24-25,27-28,52,54,58-60,62-65,67-68,70-71H,3-23,26,29-51,53,55-57H2,1-2H3,(H,66,69)(H,72,73,74)/b25-24-,28-27-,54-52+. The van der Waals surface area contributed by atoms with Gasteiger partial charge in [0.25, 0.3) is 0 Å². The van der Waals surface area contributed by atoms with Gasteiger partial charge >= 0.3 is 10.4 Å². The Morgan fingerprint density at radius 1 is 0.513 bits per heavy atom. The molecule has 78 heavy (non-hydrogen) atoms. The van der Waals surface area contributed by atoms with E-state index in [0.29, 0.717) is 6.42 Å². The summed E-state index contributed by atoms with van der Waals surface area (Å²) >= 11 is 0. The largest absolute Gasteiger partial charge is 0.397 e. The highest BCUT2D eigenvalue weighted by molar-refractivity contribution is 7.80. The van der Waals surface area contributed by atoms with Crippen LogP contribution in [0.2, 0.25) is 0 Å². The molecule has 0 aromatic rings. The predicted molar refractivity (Wildman–Crippen MR) is 324 cm³/mol. The minimum atomic E-state index is -5.09. The van der Waals surface area contributed by atoms with Gasteiger partial charge in [-0.3, -0.25) is 9.35 Å². The molecule has 1 amide bonds. The Hall–Kier alpha value is -1.68. The molecule has 1 aliphatic heterocycles. The molecule has 0 radical (unpaired) electrons. The lowest BCUT2D eigenvalue weighted by Gasteiger charge is -2.41. The van der Waals surface area contributed by atoms with Crippen molar-refractivity contribution in [3.8, 4) is 0 Å². The number of unbranched alkanes of at least 4 members (excludes halogenated alkanes) is 42. The molecule has 1 rings (SSSR count). The van der Waals surface area contributed by atoms with E-state index in [1.54, 1.807) is 6.08 Å². The highest BCUT2D eigenvalue weighted by Gasteiger charge is 2.48. The Morgan fingerprint density at radius 3 is 1.22 bits per heavy atom. The van der Waals surface area contributed by atoms with Gasteiger partial charge in [-0.05, 0) is 51.4 Å². The fourth-order valence-corrected chi connectivity index (χ4v) is 11.1. The van der Waals surface area contributed by atoms with Crippen LogP contribution in [0.25, 0.3) is 0 Å². The molecule has 1 fully saturated rings. The molecule has 7 atom stereocenters. The highest BCUT2D eigenvalue weighted by Crippen LogP contribution is 2.26. The molecule has 0 aromatic heterocycles. The van der Waals surface area contributed by atoms with Crippen molar-refractivity contribution in [2.75, 3.05) is 13.2 Å². The van der Waals surface area contributed by atoms with Crippen LogP contribution in [0.15, 0.2) is 36.5 Å². The number of nitrogens with one attached hydrogen (secondary N) is 1. The quantitative estimate of drug-likeness (QED) is 0.0193. The first kappa shape index (κ1) is 74.3. The van der Waals surface area contributed by atoms with Crippen molar-refractivity contribution in [1.29, 1.82) is 0 Å². The van der Waals surface area contributed by atoms with Gasteiger partial charge in [-0.25, -0.2) is 4.18 Å². The third kappa shape index (κ3) is 45.9. The maximum atomic E-state index is 13.2. The molecule has 0 aromatic carbocycles. The van der Waals surface area contributed by atoms with Gasteiger partial charge in [-0.1, -0.05) is 294 Å². The summed E-state index contributed by atoms with van der Waals surface area (Å²) in [5, 5.41) is 45.0. The summed E-state index contributed by atoms with van der Waals surface area (Å²) in [4.78, 5) is 13.2. The molecule has 13 heteroatoms. The third-order valence-corrected chi connectivity index (χ3v) is 16.1. The molecule has 1 heterocycles. The number of ether oxygens (including phenoxy) is 2. The Balaban J connectivity index is 2.21. The topological polar surface area (TPSA) is 192 Å². The van der Waals surface area contributed by atoms with E-state index in [9.17, 15) is 38.2 Å². The second kappa shape index (κ2) is 54.6. The summed E-state index contributed by atoms with van der Waals surface area (Å²) in [6.45, 7) is 3.43. The van der Waals surface area contributed by atoms with E-state index < -0.39 is 59.9 Å². The number of hydrogen-bond donors (Lipinski definition) is 6. The fourth-order valence-electron chi connectivity index (χ4n) is 10.6. The average molecular weight is 1130 g/mol. The summed E-state index contributed by atoms with van der Waals surface area (Å²) in [6, 6.07) is -0.944. The second-order valence-corrected chi connectivity index (χ2v) is 24.1. The smallest absolute Gasteiger partial charge is 0.394 e. The van der Waals surface area contributed by atoms with Crippen LogP contribution in [0, 0.1) is 0 Å². The average Bonchev–Trinajstić information content (AvgIpc) is 3.44. The van der Waals surface area contributed by atoms with Gasteiger partial charge in [0.15, 0.2) is 6.29 Å². The third-order valence-electron chi connectivity index (χ3n) is 15.7. The van der Waals surface area contributed by atoms with Crippen molar-refractivity contribution in [1.82, 2.24) is 5.32 Å². The van der Waals surface area contributed by atoms with E-state index in [-0.39, 0.29) is 18.9 Å². The fraction of sp³-hybridized carbons (Fsp3) is 0.892. The number of allylic oxidation sites excluding steroid dienone is 5. The summed E-state index contributed by atoms with van der Waals surface area (Å²) in [7, 11) is -5.09. The van der Waals surface area contributed by atoms with Gasteiger partial charge < -0.3 is 35.2 Å². The SMILES string of the molecule is CCCCCCCCCCCCC/C=C\C/C=C\CCCCCCCCCCCCCCCCCCCC(=O)NC(COC1OC(CO)C(O)C(OS(=O)(=O)O)C1O)C(O)/C=C/CCCCCCCCCCCCCCCC. The van der Waals surface area contributed by atoms with Crippen molar-refractivity contribution in [2.45, 2.75) is 358 Å². The first-order valence-electron chi connectivity index (χ1n) is 32.9. The Kier molecular flexibility index (Phi) is 52.0. The maximum Gasteiger partial charge on any atom is 0.397 e. The van der Waals surface area contributed by atoms with E-state index in [1.165, 1.54) is 244 Å². The molecule has 7 unspecified atom stereocenters. The van der Waals surface area contributed by atoms with Crippen molar-refractivity contribution >= 4 is 16.3 Å². The van der Waals surface area contributed by atoms with E-state index in [1.807, 2.05) is 6.08 Å². The van der Waals surface area contributed by atoms with Gasteiger partial charge in [0.2, 0.25) is 5.91 Å². The van der Waals surface area contributed by atoms with Crippen LogP contribution in [0.3, 0.4) is 0 Å². The van der Waals surface area contributed by atoms with Crippen molar-refractivity contribution in [2.24, 2.45) is 0 Å². The highest BCUT2D eigenvalue weighted by atomic mass is 32.3. The van der Waals surface area contributed by atoms with Gasteiger partial charge in [0.1, 0.15) is 24.4 Å². The molecular formula is C65H123NO11S. The summed E-state index contributed by atoms with van der Waals surface area (Å²) in [5.41, 5.74) is 0. The van der Waals surface area contributed by atoms with Crippen LogP contribution < -0.4 is 5.32 Å². The van der Waals surface area contributed by atoms with Crippen LogP contribution in [0.1, 0.15) is 316 Å². The van der Waals surface area contributed by atoms with Crippen molar-refractivity contribution in [3.63, 3.8) is 0 Å². The molecular weight excluding hydrogens is 1000 g/mol. The monoisotopic (exact) mass is 1130 g/mol. The number of rotatable bonds is 58. The molecule has 0 bridgehead atoms. The lowest BCUT2D eigenvalue weighted by Crippen LogP contribution is -2.61. The number of hydrogen-bond acceptors (Lipinski definition) is 10. The van der Waals surface area contributed by atoms with E-state index in [4.69, 9.17) is 9.47 Å². The van der Waals surface area contributed by atoms with Crippen LogP contribution in [-0.2, 0) is 28.9 Å². The van der Waals surface area contributed by atoms with E-state index in [0.717, 1.165) is 44.9 Å². The number of carbonyl (C=O) groups is 1. The Labute approximate surface area is 479 Å². The first-order valence-corrected chi connectivity index (χ1v) is 34.2. The summed E-state index contributed by atoms with van der Waals surface area (Å²) in [5.74, 6) is -0.258. The number of aliphatic hydroxyl groups is 4. The van der Waals surface area contributed by atoms with E-state index >= 15 is 0 Å².